The zero-order chi connectivity index (χ0) is 22.5. The fourth-order valence-corrected chi connectivity index (χ4v) is 4.87. The molecule has 0 radical (unpaired) electrons. The number of hydrogen-bond acceptors (Lipinski definition) is 7. The number of thiophene rings is 1. The molecule has 0 bridgehead atoms. The summed E-state index contributed by atoms with van der Waals surface area (Å²) in [5, 5.41) is 14.3. The number of aliphatic carboxylic acids is 1. The number of anilines is 1. The lowest BCUT2D eigenvalue weighted by Crippen LogP contribution is -2.36. The molecule has 0 spiro atoms. The van der Waals surface area contributed by atoms with Gasteiger partial charge in [-0.2, -0.15) is 0 Å². The lowest BCUT2D eigenvalue weighted by molar-refractivity contribution is -0.147. The third-order valence-electron chi connectivity index (χ3n) is 5.54. The number of benzene rings is 1. The number of amides is 1. The van der Waals surface area contributed by atoms with E-state index >= 15 is 0 Å². The Kier molecular flexibility index (Phi) is 7.17. The molecular weight excluding hydrogens is 422 g/mol. The highest BCUT2D eigenvalue weighted by Crippen LogP contribution is 2.42. The Hall–Kier alpha value is -3.07. The zero-order valence-corrected chi connectivity index (χ0v) is 18.4. The Morgan fingerprint density at radius 1 is 1.03 bits per heavy atom. The second kappa shape index (κ2) is 9.82. The monoisotopic (exact) mass is 447 g/mol. The fourth-order valence-electron chi connectivity index (χ4n) is 3.92. The molecule has 0 aliphatic heterocycles. The quantitative estimate of drug-likeness (QED) is 0.616. The average Bonchev–Trinajstić information content (AvgIpc) is 3.20. The molecule has 9 heteroatoms. The van der Waals surface area contributed by atoms with Crippen molar-refractivity contribution in [3.63, 3.8) is 0 Å². The Morgan fingerprint density at radius 3 is 2.35 bits per heavy atom. The van der Waals surface area contributed by atoms with Crippen molar-refractivity contribution in [3.05, 3.63) is 29.1 Å². The number of nitrogens with one attached hydrogen (secondary N) is 1. The van der Waals surface area contributed by atoms with E-state index in [1.165, 1.54) is 25.6 Å². The van der Waals surface area contributed by atoms with Crippen LogP contribution in [0, 0.1) is 11.8 Å². The van der Waals surface area contributed by atoms with Gasteiger partial charge in [-0.15, -0.1) is 11.3 Å². The van der Waals surface area contributed by atoms with Crippen LogP contribution in [0.25, 0.3) is 11.1 Å². The van der Waals surface area contributed by atoms with E-state index in [1.807, 2.05) is 0 Å². The summed E-state index contributed by atoms with van der Waals surface area (Å²) in [5.41, 5.74) is 1.39. The molecule has 0 unspecified atom stereocenters. The van der Waals surface area contributed by atoms with Gasteiger partial charge in [0.25, 0.3) is 0 Å². The van der Waals surface area contributed by atoms with Crippen LogP contribution in [0.15, 0.2) is 23.6 Å². The second-order valence-electron chi connectivity index (χ2n) is 7.24. The van der Waals surface area contributed by atoms with Crippen LogP contribution in [0.5, 0.6) is 11.5 Å². The van der Waals surface area contributed by atoms with Crippen LogP contribution in [0.1, 0.15) is 36.0 Å². The lowest BCUT2D eigenvalue weighted by atomic mass is 9.79. The minimum absolute atomic E-state index is 0.201. The second-order valence-corrected chi connectivity index (χ2v) is 8.12. The minimum atomic E-state index is -0.970. The maximum Gasteiger partial charge on any atom is 0.341 e. The molecule has 8 nitrogen and oxygen atoms in total. The summed E-state index contributed by atoms with van der Waals surface area (Å²) >= 11 is 1.18. The standard InChI is InChI=1S/C22H25NO7S/c1-28-12-8-9-13(17(10-12)29-2)16-11-31-20(18(16)22(27)30-3)23-19(24)14-6-4-5-7-15(14)21(25)26/h8-11,14-15H,4-7H2,1-3H3,(H,23,24)(H,25,26)/t14-,15+/m1/s1. The van der Waals surface area contributed by atoms with E-state index in [0.29, 0.717) is 40.5 Å². The van der Waals surface area contributed by atoms with Gasteiger partial charge in [-0.3, -0.25) is 9.59 Å². The number of carboxylic acids is 1. The third kappa shape index (κ3) is 4.66. The molecule has 0 saturated heterocycles. The molecule has 166 valence electrons. The number of rotatable bonds is 7. The van der Waals surface area contributed by atoms with Gasteiger partial charge in [-0.1, -0.05) is 12.8 Å². The summed E-state index contributed by atoms with van der Waals surface area (Å²) in [6.45, 7) is 0. The van der Waals surface area contributed by atoms with Gasteiger partial charge in [0.15, 0.2) is 0 Å². The first-order valence-electron chi connectivity index (χ1n) is 9.87. The lowest BCUT2D eigenvalue weighted by Gasteiger charge is -2.27. The van der Waals surface area contributed by atoms with Crippen molar-refractivity contribution in [3.8, 4) is 22.6 Å². The van der Waals surface area contributed by atoms with E-state index in [0.717, 1.165) is 12.8 Å². The van der Waals surface area contributed by atoms with Gasteiger partial charge >= 0.3 is 11.9 Å². The topological polar surface area (TPSA) is 111 Å². The number of methoxy groups -OCH3 is 3. The predicted octanol–water partition coefficient (Wildman–Crippen LogP) is 4.05. The summed E-state index contributed by atoms with van der Waals surface area (Å²) in [4.78, 5) is 37.1. The number of hydrogen-bond donors (Lipinski definition) is 2. The molecule has 2 aromatic rings. The maximum absolute atomic E-state index is 12.9. The minimum Gasteiger partial charge on any atom is -0.497 e. The van der Waals surface area contributed by atoms with Crippen molar-refractivity contribution in [2.24, 2.45) is 11.8 Å². The first-order chi connectivity index (χ1) is 14.9. The van der Waals surface area contributed by atoms with Crippen molar-refractivity contribution in [2.45, 2.75) is 25.7 Å². The van der Waals surface area contributed by atoms with Crippen LogP contribution in [0.2, 0.25) is 0 Å². The zero-order valence-electron chi connectivity index (χ0n) is 17.6. The SMILES string of the molecule is COC(=O)c1c(-c2ccc(OC)cc2OC)csc1NC(=O)[C@@H]1CCCC[C@@H]1C(=O)O. The smallest absolute Gasteiger partial charge is 0.341 e. The van der Waals surface area contributed by atoms with E-state index in [-0.39, 0.29) is 5.56 Å². The normalized spacial score (nSPS) is 18.2. The highest BCUT2D eigenvalue weighted by molar-refractivity contribution is 7.15. The largest absolute Gasteiger partial charge is 0.497 e. The van der Waals surface area contributed by atoms with Gasteiger partial charge in [-0.05, 0) is 25.0 Å². The third-order valence-corrected chi connectivity index (χ3v) is 6.43. The molecule has 2 N–H and O–H groups in total. The molecule has 1 aromatic carbocycles. The van der Waals surface area contributed by atoms with Crippen molar-refractivity contribution < 1.29 is 33.7 Å². The summed E-state index contributed by atoms with van der Waals surface area (Å²) < 4.78 is 15.6. The Bertz CT molecular complexity index is 984. The number of carbonyl (C=O) groups is 3. The maximum atomic E-state index is 12.9. The molecule has 1 saturated carbocycles. The average molecular weight is 448 g/mol. The van der Waals surface area contributed by atoms with E-state index in [2.05, 4.69) is 5.32 Å². The molecule has 1 fully saturated rings. The molecule has 1 amide bonds. The van der Waals surface area contributed by atoms with Crippen LogP contribution in [-0.2, 0) is 14.3 Å². The number of carboxylic acid groups (broad SMARTS) is 1. The van der Waals surface area contributed by atoms with Crippen LogP contribution in [0.3, 0.4) is 0 Å². The number of carbonyl (C=O) groups excluding carboxylic acids is 2. The molecule has 3 rings (SSSR count). The summed E-state index contributed by atoms with van der Waals surface area (Å²) in [6, 6.07) is 5.21. The molecule has 1 aliphatic rings. The number of ether oxygens (including phenoxy) is 3. The first kappa shape index (κ1) is 22.6. The van der Waals surface area contributed by atoms with Crippen molar-refractivity contribution >= 4 is 34.2 Å². The fraction of sp³-hybridized carbons (Fsp3) is 0.409. The molecule has 2 atom stereocenters. The highest BCUT2D eigenvalue weighted by Gasteiger charge is 2.36. The van der Waals surface area contributed by atoms with Crippen molar-refractivity contribution in [1.29, 1.82) is 0 Å². The predicted molar refractivity (Wildman–Crippen MR) is 116 cm³/mol. The summed E-state index contributed by atoms with van der Waals surface area (Å²) in [6.07, 6.45) is 2.55. The van der Waals surface area contributed by atoms with E-state index in [9.17, 15) is 19.5 Å². The summed E-state index contributed by atoms with van der Waals surface area (Å²) in [7, 11) is 4.32. The molecule has 1 aromatic heterocycles. The molecule has 1 heterocycles. The van der Waals surface area contributed by atoms with Crippen LogP contribution in [0.4, 0.5) is 5.00 Å². The summed E-state index contributed by atoms with van der Waals surface area (Å²) in [5.74, 6) is -2.24. The van der Waals surface area contributed by atoms with Crippen LogP contribution >= 0.6 is 11.3 Å². The van der Waals surface area contributed by atoms with E-state index < -0.39 is 29.7 Å². The molecule has 31 heavy (non-hydrogen) atoms. The van der Waals surface area contributed by atoms with Gasteiger partial charge in [0, 0.05) is 22.6 Å². The van der Waals surface area contributed by atoms with Gasteiger partial charge in [0.05, 0.1) is 33.2 Å². The number of esters is 1. The van der Waals surface area contributed by atoms with Gasteiger partial charge < -0.3 is 24.6 Å². The molecular formula is C22H25NO7S. The highest BCUT2D eigenvalue weighted by atomic mass is 32.1. The van der Waals surface area contributed by atoms with Crippen molar-refractivity contribution in [1.82, 2.24) is 0 Å². The van der Waals surface area contributed by atoms with E-state index in [4.69, 9.17) is 14.2 Å². The Morgan fingerprint density at radius 2 is 1.74 bits per heavy atom. The van der Waals surface area contributed by atoms with Gasteiger partial charge in [0.1, 0.15) is 22.1 Å². The first-order valence-corrected chi connectivity index (χ1v) is 10.7. The van der Waals surface area contributed by atoms with Crippen LogP contribution in [-0.4, -0.2) is 44.3 Å². The van der Waals surface area contributed by atoms with E-state index in [1.54, 1.807) is 30.7 Å². The molecule has 1 aliphatic carbocycles. The Labute approximate surface area is 184 Å². The Balaban J connectivity index is 1.98. The van der Waals surface area contributed by atoms with Crippen molar-refractivity contribution in [2.75, 3.05) is 26.6 Å². The van der Waals surface area contributed by atoms with Gasteiger partial charge in [-0.25, -0.2) is 4.79 Å². The van der Waals surface area contributed by atoms with Crippen LogP contribution < -0.4 is 14.8 Å². The van der Waals surface area contributed by atoms with Gasteiger partial charge in [0.2, 0.25) is 5.91 Å².